The molecule has 2 aliphatic rings. The number of aromatic amines is 1. The Hall–Kier alpha value is -1.79. The molecule has 1 aromatic heterocycles. The first-order valence-electron chi connectivity index (χ1n) is 10.7. The molecule has 4 atom stereocenters. The minimum absolute atomic E-state index is 0.155. The second-order valence-corrected chi connectivity index (χ2v) is 8.27. The normalized spacial score (nSPS) is 27.1. The number of piperidine rings is 1. The van der Waals surface area contributed by atoms with Gasteiger partial charge in [0.1, 0.15) is 5.76 Å². The molecule has 1 N–H and O–H groups in total. The van der Waals surface area contributed by atoms with Crippen molar-refractivity contribution in [1.82, 2.24) is 9.88 Å². The molecule has 1 unspecified atom stereocenters. The van der Waals surface area contributed by atoms with Crippen LogP contribution < -0.4 is 10.6 Å². The molecule has 0 radical (unpaired) electrons. The summed E-state index contributed by atoms with van der Waals surface area (Å²) in [5.74, 6) is 1.29. The predicted molar refractivity (Wildman–Crippen MR) is 114 cm³/mol. The average molecular weight is 405 g/mol. The molecule has 1 saturated heterocycles. The van der Waals surface area contributed by atoms with Crippen molar-refractivity contribution < 1.29 is 19.0 Å². The maximum atomic E-state index is 12.6. The number of methoxy groups -OCH3 is 3. The molecule has 6 nitrogen and oxygen atoms in total. The summed E-state index contributed by atoms with van der Waals surface area (Å²) in [6, 6.07) is 0.285. The summed E-state index contributed by atoms with van der Waals surface area (Å²) >= 11 is 0. The Morgan fingerprint density at radius 3 is 2.66 bits per heavy atom. The number of nitrogens with zero attached hydrogens (tertiary/aromatic N) is 1. The lowest BCUT2D eigenvalue weighted by molar-refractivity contribution is -0.152. The van der Waals surface area contributed by atoms with E-state index < -0.39 is 0 Å². The Morgan fingerprint density at radius 2 is 2.07 bits per heavy atom. The van der Waals surface area contributed by atoms with Gasteiger partial charge in [-0.05, 0) is 44.1 Å². The first kappa shape index (κ1) is 21.9. The van der Waals surface area contributed by atoms with E-state index in [2.05, 4.69) is 29.8 Å². The van der Waals surface area contributed by atoms with Gasteiger partial charge in [0, 0.05) is 36.5 Å². The van der Waals surface area contributed by atoms with Gasteiger partial charge in [-0.25, -0.2) is 0 Å². The lowest BCUT2D eigenvalue weighted by atomic mass is 9.71. The Labute approximate surface area is 173 Å². The standard InChI is InChI=1S/C23H36N2O4/c1-7-15-12-25-10-9-16-21(14(3)28-5)19(8-2)24-22(16)20(25)11-17(15)18(13-27-4)23(26)29-6/h8,15,17-18,20,24H,7,9-13H2,1-6H3/b19-8+,21-14+/t15-,17+,18?,20+/m1/s1. The molecule has 0 aliphatic carbocycles. The number of hydrogen-bond acceptors (Lipinski definition) is 5. The molecule has 0 bridgehead atoms. The quantitative estimate of drug-likeness (QED) is 0.735. The van der Waals surface area contributed by atoms with Crippen molar-refractivity contribution in [2.75, 3.05) is 41.0 Å². The van der Waals surface area contributed by atoms with Crippen LogP contribution in [-0.2, 0) is 25.4 Å². The van der Waals surface area contributed by atoms with E-state index in [9.17, 15) is 4.79 Å². The SMILES string of the molecule is C/C=c1/[nH]c2c(/c1=C(/C)OC)CCN1C[C@@H](CC)[C@@H](C(COC)C(=O)OC)C[C@@H]21. The number of nitrogens with one attached hydrogen (secondary N) is 1. The van der Waals surface area contributed by atoms with Crippen molar-refractivity contribution in [3.63, 3.8) is 0 Å². The van der Waals surface area contributed by atoms with E-state index in [0.717, 1.165) is 43.5 Å². The van der Waals surface area contributed by atoms with Crippen molar-refractivity contribution >= 4 is 17.8 Å². The summed E-state index contributed by atoms with van der Waals surface area (Å²) in [5.41, 5.74) is 2.66. The Morgan fingerprint density at radius 1 is 1.31 bits per heavy atom. The molecule has 0 aromatic carbocycles. The first-order chi connectivity index (χ1) is 14.0. The maximum Gasteiger partial charge on any atom is 0.311 e. The fraction of sp³-hybridized carbons (Fsp3) is 0.696. The number of carbonyl (C=O) groups is 1. The fourth-order valence-electron chi connectivity index (χ4n) is 5.43. The van der Waals surface area contributed by atoms with Crippen LogP contribution in [0.3, 0.4) is 0 Å². The van der Waals surface area contributed by atoms with Crippen molar-refractivity contribution in [2.24, 2.45) is 17.8 Å². The molecular weight excluding hydrogens is 368 g/mol. The van der Waals surface area contributed by atoms with Crippen LogP contribution in [0.25, 0.3) is 11.8 Å². The van der Waals surface area contributed by atoms with E-state index >= 15 is 0 Å². The van der Waals surface area contributed by atoms with Crippen molar-refractivity contribution in [2.45, 2.75) is 46.1 Å². The van der Waals surface area contributed by atoms with E-state index in [0.29, 0.717) is 12.5 Å². The van der Waals surface area contributed by atoms with E-state index in [-0.39, 0.29) is 23.8 Å². The molecule has 2 aliphatic heterocycles. The fourth-order valence-corrected chi connectivity index (χ4v) is 5.43. The third-order valence-corrected chi connectivity index (χ3v) is 7.00. The van der Waals surface area contributed by atoms with Gasteiger partial charge in [-0.1, -0.05) is 19.4 Å². The third kappa shape index (κ3) is 3.97. The van der Waals surface area contributed by atoms with E-state index in [4.69, 9.17) is 14.2 Å². The largest absolute Gasteiger partial charge is 0.501 e. The highest BCUT2D eigenvalue weighted by atomic mass is 16.5. The Kier molecular flexibility index (Phi) is 7.06. The zero-order valence-corrected chi connectivity index (χ0v) is 18.7. The highest BCUT2D eigenvalue weighted by molar-refractivity contribution is 5.73. The molecule has 0 amide bonds. The lowest BCUT2D eigenvalue weighted by Crippen LogP contribution is -2.49. The Balaban J connectivity index is 2.04. The van der Waals surface area contributed by atoms with Gasteiger partial charge >= 0.3 is 5.97 Å². The van der Waals surface area contributed by atoms with Gasteiger partial charge in [0.05, 0.1) is 32.8 Å². The summed E-state index contributed by atoms with van der Waals surface area (Å²) in [4.78, 5) is 18.8. The molecule has 0 saturated carbocycles. The molecule has 29 heavy (non-hydrogen) atoms. The molecule has 1 fully saturated rings. The van der Waals surface area contributed by atoms with Crippen LogP contribution >= 0.6 is 0 Å². The predicted octanol–water partition coefficient (Wildman–Crippen LogP) is 1.97. The second kappa shape index (κ2) is 9.35. The van der Waals surface area contributed by atoms with Gasteiger partial charge in [-0.15, -0.1) is 0 Å². The van der Waals surface area contributed by atoms with Crippen molar-refractivity contribution in [3.8, 4) is 0 Å². The van der Waals surface area contributed by atoms with Crippen LogP contribution in [0.2, 0.25) is 0 Å². The Bertz CT molecular complexity index is 844. The first-order valence-corrected chi connectivity index (χ1v) is 10.7. The minimum atomic E-state index is -0.221. The number of H-pyrrole nitrogens is 1. The van der Waals surface area contributed by atoms with Crippen molar-refractivity contribution in [3.05, 3.63) is 21.8 Å². The van der Waals surface area contributed by atoms with E-state index in [1.54, 1.807) is 14.2 Å². The molecular formula is C23H36N2O4. The average Bonchev–Trinajstić information content (AvgIpc) is 3.14. The van der Waals surface area contributed by atoms with Gasteiger partial charge in [0.2, 0.25) is 0 Å². The van der Waals surface area contributed by atoms with Crippen LogP contribution in [0.1, 0.15) is 50.9 Å². The minimum Gasteiger partial charge on any atom is -0.501 e. The van der Waals surface area contributed by atoms with Gasteiger partial charge < -0.3 is 19.2 Å². The summed E-state index contributed by atoms with van der Waals surface area (Å²) in [6.45, 7) is 8.78. The molecule has 1 aromatic rings. The van der Waals surface area contributed by atoms with Gasteiger partial charge in [-0.3, -0.25) is 9.69 Å². The lowest BCUT2D eigenvalue weighted by Gasteiger charge is -2.47. The number of rotatable bonds is 6. The molecule has 0 spiro atoms. The molecule has 3 heterocycles. The van der Waals surface area contributed by atoms with E-state index in [1.807, 2.05) is 6.92 Å². The third-order valence-electron chi connectivity index (χ3n) is 7.00. The smallest absolute Gasteiger partial charge is 0.311 e. The second-order valence-electron chi connectivity index (χ2n) is 8.27. The van der Waals surface area contributed by atoms with Crippen LogP contribution in [0.4, 0.5) is 0 Å². The van der Waals surface area contributed by atoms with Gasteiger partial charge in [-0.2, -0.15) is 0 Å². The number of esters is 1. The number of carbonyl (C=O) groups excluding carboxylic acids is 1. The van der Waals surface area contributed by atoms with Crippen molar-refractivity contribution in [1.29, 1.82) is 0 Å². The maximum absolute atomic E-state index is 12.6. The van der Waals surface area contributed by atoms with Crippen LogP contribution in [0, 0.1) is 17.8 Å². The number of ether oxygens (including phenoxy) is 3. The zero-order valence-electron chi connectivity index (χ0n) is 18.7. The summed E-state index contributed by atoms with van der Waals surface area (Å²) in [6.07, 6.45) is 5.13. The monoisotopic (exact) mass is 404 g/mol. The van der Waals surface area contributed by atoms with Crippen LogP contribution in [0.15, 0.2) is 0 Å². The highest BCUT2D eigenvalue weighted by Gasteiger charge is 2.44. The summed E-state index contributed by atoms with van der Waals surface area (Å²) in [7, 11) is 4.87. The highest BCUT2D eigenvalue weighted by Crippen LogP contribution is 2.43. The van der Waals surface area contributed by atoms with Gasteiger partial charge in [0.15, 0.2) is 0 Å². The van der Waals surface area contributed by atoms with Crippen LogP contribution in [-0.4, -0.2) is 56.9 Å². The number of aromatic nitrogens is 1. The summed E-state index contributed by atoms with van der Waals surface area (Å²) < 4.78 is 16.2. The summed E-state index contributed by atoms with van der Waals surface area (Å²) in [5, 5.41) is 2.34. The molecule has 162 valence electrons. The number of fused-ring (bicyclic) bond motifs is 3. The number of hydrogen-bond donors (Lipinski definition) is 1. The topological polar surface area (TPSA) is 63.8 Å². The zero-order chi connectivity index (χ0) is 21.1. The molecule has 6 heteroatoms. The molecule has 3 rings (SSSR count). The van der Waals surface area contributed by atoms with Gasteiger partial charge in [0.25, 0.3) is 0 Å². The van der Waals surface area contributed by atoms with Crippen LogP contribution in [0.5, 0.6) is 0 Å². The van der Waals surface area contributed by atoms with E-state index in [1.165, 1.54) is 23.6 Å².